The number of nitrogens with zero attached hydrogens (tertiary/aromatic N) is 2. The number of aromatic nitrogens is 1. The van der Waals surface area contributed by atoms with E-state index in [1.807, 2.05) is 79.8 Å². The van der Waals surface area contributed by atoms with Crippen LogP contribution in [-0.2, 0) is 11.8 Å². The molecule has 0 aliphatic rings. The summed E-state index contributed by atoms with van der Waals surface area (Å²) in [5, 5.41) is 5.42. The Balaban J connectivity index is 1.62. The minimum atomic E-state index is -0.414. The summed E-state index contributed by atoms with van der Waals surface area (Å²) in [6, 6.07) is 27.7. The first-order valence-corrected chi connectivity index (χ1v) is 9.63. The van der Waals surface area contributed by atoms with Crippen molar-refractivity contribution in [3.63, 3.8) is 0 Å². The smallest absolute Gasteiger partial charge is 0.252 e. The lowest BCUT2D eigenvalue weighted by Gasteiger charge is -2.16. The monoisotopic (exact) mass is 381 g/mol. The molecular weight excluding hydrogens is 358 g/mol. The topological polar surface area (TPSA) is 46.4 Å². The molecule has 4 rings (SSSR count). The number of carbonyl (C=O) groups excluding carboxylic acids is 1. The van der Waals surface area contributed by atoms with Crippen LogP contribution in [0, 0.1) is 6.92 Å². The Labute approximate surface area is 170 Å². The lowest BCUT2D eigenvalue weighted by molar-refractivity contribution is -0.121. The minimum absolute atomic E-state index is 0.156. The van der Waals surface area contributed by atoms with Gasteiger partial charge in [0.05, 0.1) is 12.1 Å². The van der Waals surface area contributed by atoms with Crippen LogP contribution in [0.1, 0.15) is 28.3 Å². The van der Waals surface area contributed by atoms with Gasteiger partial charge in [0.1, 0.15) is 0 Å². The molecule has 1 amide bonds. The fraction of sp³-hybridized carbons (Fsp3) is 0.120. The number of amides is 1. The fourth-order valence-electron chi connectivity index (χ4n) is 3.72. The zero-order valence-corrected chi connectivity index (χ0v) is 16.5. The van der Waals surface area contributed by atoms with Crippen LogP contribution in [0.5, 0.6) is 0 Å². The largest absolute Gasteiger partial charge is 0.347 e. The van der Waals surface area contributed by atoms with E-state index in [1.54, 1.807) is 6.21 Å². The average Bonchev–Trinajstić information content (AvgIpc) is 3.00. The van der Waals surface area contributed by atoms with E-state index < -0.39 is 5.92 Å². The van der Waals surface area contributed by atoms with Crippen LogP contribution in [0.25, 0.3) is 10.9 Å². The zero-order chi connectivity index (χ0) is 20.2. The minimum Gasteiger partial charge on any atom is -0.347 e. The molecule has 0 aliphatic carbocycles. The van der Waals surface area contributed by atoms with Gasteiger partial charge in [-0.25, -0.2) is 5.43 Å². The van der Waals surface area contributed by atoms with Crippen molar-refractivity contribution in [3.05, 3.63) is 107 Å². The Hall–Kier alpha value is -3.66. The van der Waals surface area contributed by atoms with Gasteiger partial charge >= 0.3 is 0 Å². The third-order valence-electron chi connectivity index (χ3n) is 5.34. The van der Waals surface area contributed by atoms with Gasteiger partial charge in [-0.3, -0.25) is 4.79 Å². The molecule has 144 valence electrons. The number of hydrogen-bond acceptors (Lipinski definition) is 2. The van der Waals surface area contributed by atoms with Crippen molar-refractivity contribution in [2.75, 3.05) is 0 Å². The summed E-state index contributed by atoms with van der Waals surface area (Å²) in [6.07, 6.45) is 1.74. The predicted molar refractivity (Wildman–Crippen MR) is 118 cm³/mol. The standard InChI is InChI=1S/C25H23N3O/c1-18-22(21-15-9-10-16-23(21)28(18)2)17-26-27-25(29)24(19-11-5-3-6-12-19)20-13-7-4-8-14-20/h3-17,24H,1-2H3,(H,27,29)/b26-17+. The number of hydrogen-bond donors (Lipinski definition) is 1. The molecule has 0 spiro atoms. The normalized spacial score (nSPS) is 11.4. The highest BCUT2D eigenvalue weighted by molar-refractivity contribution is 6.01. The molecule has 1 heterocycles. The van der Waals surface area contributed by atoms with E-state index in [2.05, 4.69) is 34.2 Å². The molecule has 0 unspecified atom stereocenters. The van der Waals surface area contributed by atoms with Crippen LogP contribution < -0.4 is 5.43 Å². The lowest BCUT2D eigenvalue weighted by atomic mass is 9.91. The van der Waals surface area contributed by atoms with Crippen LogP contribution in [0.2, 0.25) is 0 Å². The maximum atomic E-state index is 13.1. The molecule has 4 heteroatoms. The van der Waals surface area contributed by atoms with Gasteiger partial charge in [0.25, 0.3) is 5.91 Å². The second kappa shape index (κ2) is 8.15. The molecular formula is C25H23N3O. The number of nitrogens with one attached hydrogen (secondary N) is 1. The molecule has 0 atom stereocenters. The zero-order valence-electron chi connectivity index (χ0n) is 16.5. The first-order valence-electron chi connectivity index (χ1n) is 9.63. The van der Waals surface area contributed by atoms with Gasteiger partial charge in [0, 0.05) is 29.2 Å². The highest BCUT2D eigenvalue weighted by Crippen LogP contribution is 2.25. The summed E-state index contributed by atoms with van der Waals surface area (Å²) >= 11 is 0. The molecule has 4 nitrogen and oxygen atoms in total. The summed E-state index contributed by atoms with van der Waals surface area (Å²) in [7, 11) is 2.04. The summed E-state index contributed by atoms with van der Waals surface area (Å²) in [4.78, 5) is 13.1. The van der Waals surface area contributed by atoms with Gasteiger partial charge in [-0.1, -0.05) is 78.9 Å². The molecule has 1 aromatic heterocycles. The fourth-order valence-corrected chi connectivity index (χ4v) is 3.72. The van der Waals surface area contributed by atoms with Gasteiger partial charge < -0.3 is 4.57 Å². The van der Waals surface area contributed by atoms with E-state index in [1.165, 1.54) is 0 Å². The number of benzene rings is 3. The average molecular weight is 381 g/mol. The summed E-state index contributed by atoms with van der Waals surface area (Å²) in [6.45, 7) is 2.06. The first-order chi connectivity index (χ1) is 14.2. The third-order valence-corrected chi connectivity index (χ3v) is 5.34. The van der Waals surface area contributed by atoms with E-state index in [0.717, 1.165) is 33.3 Å². The molecule has 3 aromatic carbocycles. The van der Waals surface area contributed by atoms with Gasteiger partial charge in [-0.05, 0) is 24.1 Å². The first kappa shape index (κ1) is 18.7. The van der Waals surface area contributed by atoms with E-state index in [9.17, 15) is 4.79 Å². The Morgan fingerprint density at radius 2 is 1.45 bits per heavy atom. The van der Waals surface area contributed by atoms with E-state index >= 15 is 0 Å². The Kier molecular flexibility index (Phi) is 5.25. The third kappa shape index (κ3) is 3.69. The van der Waals surface area contributed by atoms with Crippen LogP contribution in [0.15, 0.2) is 90.0 Å². The van der Waals surface area contributed by atoms with Crippen molar-refractivity contribution in [3.8, 4) is 0 Å². The van der Waals surface area contributed by atoms with Crippen LogP contribution in [-0.4, -0.2) is 16.7 Å². The maximum absolute atomic E-state index is 13.1. The molecule has 29 heavy (non-hydrogen) atoms. The molecule has 0 aliphatic heterocycles. The molecule has 0 fully saturated rings. The molecule has 1 N–H and O–H groups in total. The van der Waals surface area contributed by atoms with Crippen molar-refractivity contribution in [2.24, 2.45) is 12.1 Å². The number of rotatable bonds is 5. The lowest BCUT2D eigenvalue weighted by Crippen LogP contribution is -2.26. The quantitative estimate of drug-likeness (QED) is 0.393. The van der Waals surface area contributed by atoms with E-state index in [4.69, 9.17) is 0 Å². The number of carbonyl (C=O) groups is 1. The highest BCUT2D eigenvalue weighted by atomic mass is 16.2. The number of fused-ring (bicyclic) bond motifs is 1. The Bertz CT molecular complexity index is 1120. The number of hydrazone groups is 1. The Morgan fingerprint density at radius 3 is 2.07 bits per heavy atom. The van der Waals surface area contributed by atoms with Gasteiger partial charge in [0.2, 0.25) is 0 Å². The van der Waals surface area contributed by atoms with Crippen LogP contribution in [0.4, 0.5) is 0 Å². The van der Waals surface area contributed by atoms with Crippen molar-refractivity contribution in [1.29, 1.82) is 0 Å². The van der Waals surface area contributed by atoms with Gasteiger partial charge in [-0.15, -0.1) is 0 Å². The molecule has 0 saturated heterocycles. The molecule has 0 radical (unpaired) electrons. The SMILES string of the molecule is Cc1c(/C=N/NC(=O)C(c2ccccc2)c2ccccc2)c2ccccc2n1C. The van der Waals surface area contributed by atoms with Gasteiger partial charge in [-0.2, -0.15) is 5.10 Å². The van der Waals surface area contributed by atoms with Crippen LogP contribution in [0.3, 0.4) is 0 Å². The van der Waals surface area contributed by atoms with E-state index in [0.29, 0.717) is 0 Å². The second-order valence-electron chi connectivity index (χ2n) is 7.06. The maximum Gasteiger partial charge on any atom is 0.252 e. The summed E-state index contributed by atoms with van der Waals surface area (Å²) < 4.78 is 2.13. The highest BCUT2D eigenvalue weighted by Gasteiger charge is 2.22. The van der Waals surface area contributed by atoms with Crippen molar-refractivity contribution in [1.82, 2.24) is 9.99 Å². The van der Waals surface area contributed by atoms with Crippen LogP contribution >= 0.6 is 0 Å². The van der Waals surface area contributed by atoms with E-state index in [-0.39, 0.29) is 5.91 Å². The number of aryl methyl sites for hydroxylation is 1. The summed E-state index contributed by atoms with van der Waals surface area (Å²) in [5.41, 5.74) is 7.89. The van der Waals surface area contributed by atoms with Gasteiger partial charge in [0.15, 0.2) is 0 Å². The van der Waals surface area contributed by atoms with Crippen molar-refractivity contribution < 1.29 is 4.79 Å². The summed E-state index contributed by atoms with van der Waals surface area (Å²) in [5.74, 6) is -0.570. The molecule has 0 saturated carbocycles. The van der Waals surface area contributed by atoms with Crippen molar-refractivity contribution >= 4 is 23.0 Å². The number of para-hydroxylation sites is 1. The molecule has 0 bridgehead atoms. The Morgan fingerprint density at radius 1 is 0.897 bits per heavy atom. The molecule has 4 aromatic rings. The second-order valence-corrected chi connectivity index (χ2v) is 7.06. The van der Waals surface area contributed by atoms with Crippen molar-refractivity contribution in [2.45, 2.75) is 12.8 Å². The predicted octanol–water partition coefficient (Wildman–Crippen LogP) is 4.77.